The van der Waals surface area contributed by atoms with Gasteiger partial charge in [0, 0.05) is 19.1 Å². The van der Waals surface area contributed by atoms with E-state index >= 15 is 0 Å². The third-order valence-electron chi connectivity index (χ3n) is 5.05. The van der Waals surface area contributed by atoms with Crippen molar-refractivity contribution in [2.24, 2.45) is 11.8 Å². The molecule has 1 saturated heterocycles. The third-order valence-corrected chi connectivity index (χ3v) is 5.05. The smallest absolute Gasteiger partial charge is 0.161 e. The number of fused-ring (bicyclic) bond motifs is 3. The molecule has 0 spiro atoms. The summed E-state index contributed by atoms with van der Waals surface area (Å²) < 4.78 is 11.0. The number of rotatable bonds is 4. The van der Waals surface area contributed by atoms with Crippen LogP contribution in [0.25, 0.3) is 0 Å². The normalized spacial score (nSPS) is 24.8. The van der Waals surface area contributed by atoms with Crippen LogP contribution in [-0.4, -0.2) is 32.2 Å². The highest BCUT2D eigenvalue weighted by atomic mass is 16.5. The molecule has 0 unspecified atom stereocenters. The van der Waals surface area contributed by atoms with Crippen LogP contribution in [0.3, 0.4) is 0 Å². The molecule has 0 aliphatic carbocycles. The maximum absolute atomic E-state index is 5.50. The van der Waals surface area contributed by atoms with Crippen molar-refractivity contribution in [3.8, 4) is 11.5 Å². The van der Waals surface area contributed by atoms with E-state index < -0.39 is 0 Å². The quantitative estimate of drug-likeness (QED) is 0.842. The number of piperidine rings is 1. The summed E-state index contributed by atoms with van der Waals surface area (Å²) >= 11 is 0. The molecule has 1 aromatic rings. The molecule has 1 fully saturated rings. The Morgan fingerprint density at radius 2 is 1.91 bits per heavy atom. The molecular weight excluding hydrogens is 274 g/mol. The van der Waals surface area contributed by atoms with Gasteiger partial charge in [-0.05, 0) is 60.8 Å². The van der Waals surface area contributed by atoms with E-state index in [0.29, 0.717) is 6.04 Å². The standard InChI is InChI=1S/C19H28NO2/c1-13(2)9-14-5-6-17-16-11-19(22-4)18(21-3)10-15(16)7-8-20(17)12-14/h5,10-11,13-14,17H,6-9,12H2,1-4H3/t14-,17-/m1/s1. The van der Waals surface area contributed by atoms with E-state index in [1.54, 1.807) is 14.2 Å². The van der Waals surface area contributed by atoms with E-state index in [-0.39, 0.29) is 0 Å². The minimum Gasteiger partial charge on any atom is -0.493 e. The summed E-state index contributed by atoms with van der Waals surface area (Å²) in [6, 6.07) is 4.89. The van der Waals surface area contributed by atoms with Crippen molar-refractivity contribution in [1.82, 2.24) is 4.90 Å². The van der Waals surface area contributed by atoms with Gasteiger partial charge in [0.25, 0.3) is 0 Å². The molecule has 2 atom stereocenters. The molecule has 3 nitrogen and oxygen atoms in total. The van der Waals surface area contributed by atoms with E-state index in [4.69, 9.17) is 9.47 Å². The Morgan fingerprint density at radius 1 is 1.18 bits per heavy atom. The molecule has 0 amide bonds. The minimum atomic E-state index is 0.520. The predicted octanol–water partition coefficient (Wildman–Crippen LogP) is 3.87. The van der Waals surface area contributed by atoms with E-state index in [1.165, 1.54) is 24.1 Å². The maximum atomic E-state index is 5.50. The second-order valence-corrected chi connectivity index (χ2v) is 7.03. The van der Waals surface area contributed by atoms with Crippen molar-refractivity contribution in [2.45, 2.75) is 39.2 Å². The van der Waals surface area contributed by atoms with Gasteiger partial charge in [0.2, 0.25) is 0 Å². The highest BCUT2D eigenvalue weighted by Crippen LogP contribution is 2.43. The number of methoxy groups -OCH3 is 2. The van der Waals surface area contributed by atoms with Crippen molar-refractivity contribution >= 4 is 0 Å². The summed E-state index contributed by atoms with van der Waals surface area (Å²) in [4.78, 5) is 2.67. The number of nitrogens with zero attached hydrogens (tertiary/aromatic N) is 1. The summed E-state index contributed by atoms with van der Waals surface area (Å²) in [5.74, 6) is 3.23. The first-order valence-corrected chi connectivity index (χ1v) is 8.44. The average molecular weight is 302 g/mol. The van der Waals surface area contributed by atoms with Crippen LogP contribution in [0.2, 0.25) is 0 Å². The van der Waals surface area contributed by atoms with Gasteiger partial charge in [0.15, 0.2) is 11.5 Å². The van der Waals surface area contributed by atoms with E-state index in [2.05, 4.69) is 37.3 Å². The number of benzene rings is 1. The summed E-state index contributed by atoms with van der Waals surface area (Å²) in [5.41, 5.74) is 2.86. The molecule has 3 heteroatoms. The Morgan fingerprint density at radius 3 is 2.59 bits per heavy atom. The van der Waals surface area contributed by atoms with Gasteiger partial charge in [-0.15, -0.1) is 0 Å². The van der Waals surface area contributed by atoms with Crippen LogP contribution in [0, 0.1) is 18.3 Å². The first-order valence-electron chi connectivity index (χ1n) is 8.44. The van der Waals surface area contributed by atoms with Crippen molar-refractivity contribution in [3.63, 3.8) is 0 Å². The lowest BCUT2D eigenvalue weighted by atomic mass is 9.81. The van der Waals surface area contributed by atoms with Crippen LogP contribution in [0.15, 0.2) is 12.1 Å². The van der Waals surface area contributed by atoms with Crippen LogP contribution in [-0.2, 0) is 6.42 Å². The molecule has 3 rings (SSSR count). The minimum absolute atomic E-state index is 0.520. The Balaban J connectivity index is 1.82. The van der Waals surface area contributed by atoms with Gasteiger partial charge >= 0.3 is 0 Å². The second-order valence-electron chi connectivity index (χ2n) is 7.03. The highest BCUT2D eigenvalue weighted by molar-refractivity contribution is 5.49. The SMILES string of the molecule is COc1cc2c(cc1OC)[C@H]1C[CH][C@H](CC(C)C)CN1CC2. The van der Waals surface area contributed by atoms with Gasteiger partial charge in [0.1, 0.15) is 0 Å². The Labute approximate surface area is 134 Å². The van der Waals surface area contributed by atoms with Gasteiger partial charge < -0.3 is 9.47 Å². The largest absolute Gasteiger partial charge is 0.493 e. The Bertz CT molecular complexity index is 526. The van der Waals surface area contributed by atoms with E-state index in [0.717, 1.165) is 42.7 Å². The van der Waals surface area contributed by atoms with E-state index in [9.17, 15) is 0 Å². The molecule has 2 aliphatic heterocycles. The van der Waals surface area contributed by atoms with Crippen molar-refractivity contribution < 1.29 is 9.47 Å². The highest BCUT2D eigenvalue weighted by Gasteiger charge is 2.34. The molecule has 0 aromatic heterocycles. The third kappa shape index (κ3) is 2.96. The molecule has 0 saturated carbocycles. The summed E-state index contributed by atoms with van der Waals surface area (Å²) in [6.07, 6.45) is 6.12. The maximum Gasteiger partial charge on any atom is 0.161 e. The molecule has 0 N–H and O–H groups in total. The van der Waals surface area contributed by atoms with Gasteiger partial charge in [-0.1, -0.05) is 13.8 Å². The Hall–Kier alpha value is -1.22. The predicted molar refractivity (Wildman–Crippen MR) is 89.4 cm³/mol. The van der Waals surface area contributed by atoms with Crippen LogP contribution < -0.4 is 9.47 Å². The van der Waals surface area contributed by atoms with Crippen LogP contribution in [0.4, 0.5) is 0 Å². The fourth-order valence-electron chi connectivity index (χ4n) is 4.05. The van der Waals surface area contributed by atoms with Crippen molar-refractivity contribution in [2.75, 3.05) is 27.3 Å². The molecule has 2 heterocycles. The van der Waals surface area contributed by atoms with Gasteiger partial charge in [0.05, 0.1) is 14.2 Å². The first kappa shape index (κ1) is 15.7. The number of ether oxygens (including phenoxy) is 2. The fourth-order valence-corrected chi connectivity index (χ4v) is 4.05. The average Bonchev–Trinajstić information content (AvgIpc) is 2.52. The second kappa shape index (κ2) is 6.49. The Kier molecular flexibility index (Phi) is 4.62. The lowest BCUT2D eigenvalue weighted by molar-refractivity contribution is 0.120. The first-order chi connectivity index (χ1) is 10.6. The molecule has 1 aromatic carbocycles. The van der Waals surface area contributed by atoms with Gasteiger partial charge in [-0.25, -0.2) is 0 Å². The summed E-state index contributed by atoms with van der Waals surface area (Å²) in [5, 5.41) is 0. The van der Waals surface area contributed by atoms with Crippen LogP contribution >= 0.6 is 0 Å². The molecular formula is C19H28NO2. The monoisotopic (exact) mass is 302 g/mol. The van der Waals surface area contributed by atoms with Gasteiger partial charge in [-0.3, -0.25) is 4.90 Å². The lowest BCUT2D eigenvalue weighted by Crippen LogP contribution is -2.42. The van der Waals surface area contributed by atoms with Crippen molar-refractivity contribution in [3.05, 3.63) is 29.7 Å². The van der Waals surface area contributed by atoms with E-state index in [1.807, 2.05) is 0 Å². The summed E-state index contributed by atoms with van der Waals surface area (Å²) in [7, 11) is 3.43. The lowest BCUT2D eigenvalue weighted by Gasteiger charge is -2.44. The van der Waals surface area contributed by atoms with Crippen molar-refractivity contribution in [1.29, 1.82) is 0 Å². The zero-order chi connectivity index (χ0) is 15.7. The zero-order valence-electron chi connectivity index (χ0n) is 14.3. The molecule has 0 bridgehead atoms. The zero-order valence-corrected chi connectivity index (χ0v) is 14.3. The molecule has 121 valence electrons. The summed E-state index contributed by atoms with van der Waals surface area (Å²) in [6.45, 7) is 7.01. The number of hydrogen-bond acceptors (Lipinski definition) is 3. The topological polar surface area (TPSA) is 21.7 Å². The fraction of sp³-hybridized carbons (Fsp3) is 0.632. The number of hydrogen-bond donors (Lipinski definition) is 0. The van der Waals surface area contributed by atoms with Crippen LogP contribution in [0.1, 0.15) is 43.9 Å². The molecule has 1 radical (unpaired) electrons. The van der Waals surface area contributed by atoms with Crippen LogP contribution in [0.5, 0.6) is 11.5 Å². The molecule has 22 heavy (non-hydrogen) atoms. The van der Waals surface area contributed by atoms with Gasteiger partial charge in [-0.2, -0.15) is 0 Å². The molecule has 2 aliphatic rings.